The van der Waals surface area contributed by atoms with E-state index in [-0.39, 0.29) is 43.7 Å². The van der Waals surface area contributed by atoms with Crippen molar-refractivity contribution in [2.45, 2.75) is 34.1 Å². The Morgan fingerprint density at radius 1 is 1.09 bits per heavy atom. The van der Waals surface area contributed by atoms with Crippen LogP contribution < -0.4 is 5.32 Å². The highest BCUT2D eigenvalue weighted by Gasteiger charge is 2.21. The lowest BCUT2D eigenvalue weighted by molar-refractivity contribution is -0.150. The monoisotopic (exact) mass is 329 g/mol. The van der Waals surface area contributed by atoms with Gasteiger partial charge in [0.1, 0.15) is 19.8 Å². The zero-order valence-electron chi connectivity index (χ0n) is 14.3. The molecule has 0 saturated heterocycles. The first-order chi connectivity index (χ1) is 10.7. The van der Waals surface area contributed by atoms with Crippen LogP contribution in [0, 0.1) is 11.3 Å². The average Bonchev–Trinajstić information content (AvgIpc) is 2.45. The van der Waals surface area contributed by atoms with Crippen LogP contribution in [0.2, 0.25) is 0 Å². The summed E-state index contributed by atoms with van der Waals surface area (Å²) in [5.41, 5.74) is 0.0455. The standard InChI is InChI=1S/C16H27NO6/c1-6-13(18)21-8-7-17-15(20)23-10-9-22-14(19)12(2)11-16(3,4)5/h6,12H,1,7-11H2,2-5H3,(H,17,20). The first-order valence-corrected chi connectivity index (χ1v) is 7.52. The van der Waals surface area contributed by atoms with Gasteiger partial charge in [-0.1, -0.05) is 34.3 Å². The van der Waals surface area contributed by atoms with E-state index in [4.69, 9.17) is 9.47 Å². The fraction of sp³-hybridized carbons (Fsp3) is 0.688. The quantitative estimate of drug-likeness (QED) is 0.301. The highest BCUT2D eigenvalue weighted by atomic mass is 16.6. The molecular weight excluding hydrogens is 302 g/mol. The van der Waals surface area contributed by atoms with Gasteiger partial charge in [-0.05, 0) is 11.8 Å². The number of hydrogen-bond donors (Lipinski definition) is 1. The molecule has 1 amide bonds. The second-order valence-corrected chi connectivity index (χ2v) is 6.27. The predicted molar refractivity (Wildman–Crippen MR) is 84.7 cm³/mol. The molecule has 0 heterocycles. The molecule has 0 aliphatic carbocycles. The smallest absolute Gasteiger partial charge is 0.407 e. The van der Waals surface area contributed by atoms with Crippen molar-refractivity contribution in [3.8, 4) is 0 Å². The Bertz CT molecular complexity index is 413. The summed E-state index contributed by atoms with van der Waals surface area (Å²) < 4.78 is 14.5. The van der Waals surface area contributed by atoms with Crippen LogP contribution in [0.3, 0.4) is 0 Å². The molecule has 1 N–H and O–H groups in total. The maximum Gasteiger partial charge on any atom is 0.407 e. The van der Waals surface area contributed by atoms with Gasteiger partial charge in [0.2, 0.25) is 0 Å². The van der Waals surface area contributed by atoms with Gasteiger partial charge in [0.15, 0.2) is 0 Å². The summed E-state index contributed by atoms with van der Waals surface area (Å²) in [7, 11) is 0. The van der Waals surface area contributed by atoms with E-state index in [1.54, 1.807) is 0 Å². The normalized spacial score (nSPS) is 12.0. The van der Waals surface area contributed by atoms with Crippen LogP contribution in [0.15, 0.2) is 12.7 Å². The van der Waals surface area contributed by atoms with Gasteiger partial charge in [-0.3, -0.25) is 4.79 Å². The third-order valence-electron chi connectivity index (χ3n) is 2.66. The van der Waals surface area contributed by atoms with Crippen LogP contribution in [0.5, 0.6) is 0 Å². The van der Waals surface area contributed by atoms with Gasteiger partial charge < -0.3 is 19.5 Å². The number of hydrogen-bond acceptors (Lipinski definition) is 6. The van der Waals surface area contributed by atoms with Gasteiger partial charge >= 0.3 is 18.0 Å². The van der Waals surface area contributed by atoms with Crippen LogP contribution in [-0.2, 0) is 23.8 Å². The maximum absolute atomic E-state index is 11.7. The van der Waals surface area contributed by atoms with Crippen molar-refractivity contribution in [3.05, 3.63) is 12.7 Å². The number of amides is 1. The van der Waals surface area contributed by atoms with E-state index >= 15 is 0 Å². The maximum atomic E-state index is 11.7. The topological polar surface area (TPSA) is 90.9 Å². The van der Waals surface area contributed by atoms with E-state index < -0.39 is 12.1 Å². The lowest BCUT2D eigenvalue weighted by Crippen LogP contribution is -2.30. The SMILES string of the molecule is C=CC(=O)OCCNC(=O)OCCOC(=O)C(C)CC(C)(C)C. The molecule has 7 heteroatoms. The molecular formula is C16H27NO6. The molecule has 0 bridgehead atoms. The largest absolute Gasteiger partial charge is 0.462 e. The molecule has 0 radical (unpaired) electrons. The van der Waals surface area contributed by atoms with Gasteiger partial charge in [0.05, 0.1) is 12.5 Å². The van der Waals surface area contributed by atoms with Crippen molar-refractivity contribution in [3.63, 3.8) is 0 Å². The molecule has 0 aliphatic rings. The van der Waals surface area contributed by atoms with E-state index in [0.29, 0.717) is 0 Å². The van der Waals surface area contributed by atoms with Gasteiger partial charge in [-0.15, -0.1) is 0 Å². The highest BCUT2D eigenvalue weighted by molar-refractivity contribution is 5.81. The number of carbonyl (C=O) groups is 3. The van der Waals surface area contributed by atoms with E-state index in [0.717, 1.165) is 12.5 Å². The van der Waals surface area contributed by atoms with Gasteiger partial charge in [0.25, 0.3) is 0 Å². The van der Waals surface area contributed by atoms with Crippen LogP contribution in [0.25, 0.3) is 0 Å². The Morgan fingerprint density at radius 3 is 2.26 bits per heavy atom. The predicted octanol–water partition coefficient (Wildman–Crippen LogP) is 2.06. The number of esters is 2. The Labute approximate surface area is 137 Å². The van der Waals surface area contributed by atoms with E-state index in [1.165, 1.54) is 0 Å². The van der Waals surface area contributed by atoms with Gasteiger partial charge in [-0.2, -0.15) is 0 Å². The summed E-state index contributed by atoms with van der Waals surface area (Å²) in [6, 6.07) is 0. The Kier molecular flexibility index (Phi) is 9.69. The number of rotatable bonds is 9. The van der Waals surface area contributed by atoms with Crippen LogP contribution in [0.1, 0.15) is 34.1 Å². The number of nitrogens with one attached hydrogen (secondary N) is 1. The summed E-state index contributed by atoms with van der Waals surface area (Å²) in [5.74, 6) is -1.07. The molecule has 23 heavy (non-hydrogen) atoms. The van der Waals surface area contributed by atoms with Gasteiger partial charge in [-0.25, -0.2) is 9.59 Å². The van der Waals surface area contributed by atoms with Crippen molar-refractivity contribution in [2.24, 2.45) is 11.3 Å². The first-order valence-electron chi connectivity index (χ1n) is 7.52. The minimum Gasteiger partial charge on any atom is -0.462 e. The molecule has 0 aromatic rings. The van der Waals surface area contributed by atoms with Crippen molar-refractivity contribution < 1.29 is 28.6 Å². The summed E-state index contributed by atoms with van der Waals surface area (Å²) in [4.78, 5) is 33.8. The summed E-state index contributed by atoms with van der Waals surface area (Å²) in [5, 5.41) is 2.39. The molecule has 0 fully saturated rings. The van der Waals surface area contributed by atoms with E-state index in [9.17, 15) is 14.4 Å². The minimum atomic E-state index is -0.668. The first kappa shape index (κ1) is 20.9. The molecule has 132 valence electrons. The molecule has 0 aromatic heterocycles. The van der Waals surface area contributed by atoms with E-state index in [1.807, 2.05) is 6.92 Å². The Balaban J connectivity index is 3.70. The van der Waals surface area contributed by atoms with Crippen LogP contribution >= 0.6 is 0 Å². The second kappa shape index (κ2) is 10.6. The molecule has 0 saturated carbocycles. The zero-order chi connectivity index (χ0) is 17.9. The second-order valence-electron chi connectivity index (χ2n) is 6.27. The lowest BCUT2D eigenvalue weighted by atomic mass is 9.85. The molecule has 0 rings (SSSR count). The molecule has 0 spiro atoms. The fourth-order valence-electron chi connectivity index (χ4n) is 1.84. The average molecular weight is 329 g/mol. The highest BCUT2D eigenvalue weighted by Crippen LogP contribution is 2.24. The summed E-state index contributed by atoms with van der Waals surface area (Å²) in [6.07, 6.45) is 1.09. The number of carbonyl (C=O) groups excluding carboxylic acids is 3. The molecule has 1 atom stereocenters. The molecule has 7 nitrogen and oxygen atoms in total. The number of ether oxygens (including phenoxy) is 3. The van der Waals surface area contributed by atoms with Crippen molar-refractivity contribution in [1.29, 1.82) is 0 Å². The third-order valence-corrected chi connectivity index (χ3v) is 2.66. The van der Waals surface area contributed by atoms with Gasteiger partial charge in [0, 0.05) is 6.08 Å². The summed E-state index contributed by atoms with van der Waals surface area (Å²) >= 11 is 0. The Hall–Kier alpha value is -2.05. The molecule has 1 unspecified atom stereocenters. The summed E-state index contributed by atoms with van der Waals surface area (Å²) in [6.45, 7) is 11.3. The fourth-order valence-corrected chi connectivity index (χ4v) is 1.84. The van der Waals surface area contributed by atoms with Crippen molar-refractivity contribution in [2.75, 3.05) is 26.4 Å². The number of alkyl carbamates (subject to hydrolysis) is 1. The zero-order valence-corrected chi connectivity index (χ0v) is 14.3. The third kappa shape index (κ3) is 12.2. The van der Waals surface area contributed by atoms with Crippen LogP contribution in [-0.4, -0.2) is 44.4 Å². The minimum absolute atomic E-state index is 0.00614. The van der Waals surface area contributed by atoms with Crippen molar-refractivity contribution >= 4 is 18.0 Å². The molecule has 0 aromatic carbocycles. The lowest BCUT2D eigenvalue weighted by Gasteiger charge is -2.22. The van der Waals surface area contributed by atoms with E-state index in [2.05, 4.69) is 37.4 Å². The molecule has 0 aliphatic heterocycles. The Morgan fingerprint density at radius 2 is 1.70 bits per heavy atom. The van der Waals surface area contributed by atoms with Crippen molar-refractivity contribution in [1.82, 2.24) is 5.32 Å². The van der Waals surface area contributed by atoms with Crippen LogP contribution in [0.4, 0.5) is 4.79 Å².